The summed E-state index contributed by atoms with van der Waals surface area (Å²) in [5.74, 6) is 6.50. The number of rotatable bonds is 4. The molecule has 3 nitrogen and oxygen atoms in total. The first-order valence-corrected chi connectivity index (χ1v) is 7.12. The summed E-state index contributed by atoms with van der Waals surface area (Å²) in [6.45, 7) is 4.20. The Kier molecular flexibility index (Phi) is 4.47. The minimum absolute atomic E-state index is 0.119. The van der Waals surface area contributed by atoms with Gasteiger partial charge in [-0.1, -0.05) is 11.6 Å². The van der Waals surface area contributed by atoms with Gasteiger partial charge >= 0.3 is 0 Å². The van der Waals surface area contributed by atoms with Gasteiger partial charge in [-0.2, -0.15) is 0 Å². The number of methoxy groups -OCH3 is 1. The molecule has 0 aliphatic rings. The van der Waals surface area contributed by atoms with E-state index in [1.165, 1.54) is 10.4 Å². The average molecular weight is 297 g/mol. The van der Waals surface area contributed by atoms with Crippen LogP contribution < -0.4 is 16.0 Å². The smallest absolute Gasteiger partial charge is 0.124 e. The SMILES string of the molecule is COc1ccc(Cl)cc1C(NN)c1cc(C)c(C)s1. The maximum absolute atomic E-state index is 6.08. The number of nitrogens with two attached hydrogens (primary N) is 1. The molecule has 0 fully saturated rings. The first-order chi connectivity index (χ1) is 9.06. The summed E-state index contributed by atoms with van der Waals surface area (Å²) in [7, 11) is 1.64. The number of hydrogen-bond acceptors (Lipinski definition) is 4. The van der Waals surface area contributed by atoms with Crippen molar-refractivity contribution in [2.24, 2.45) is 5.84 Å². The minimum Gasteiger partial charge on any atom is -0.496 e. The molecule has 1 atom stereocenters. The van der Waals surface area contributed by atoms with E-state index in [9.17, 15) is 0 Å². The van der Waals surface area contributed by atoms with Gasteiger partial charge in [0.2, 0.25) is 0 Å². The van der Waals surface area contributed by atoms with Crippen LogP contribution in [-0.4, -0.2) is 7.11 Å². The Labute approximate surface area is 122 Å². The lowest BCUT2D eigenvalue weighted by Crippen LogP contribution is -2.28. The van der Waals surface area contributed by atoms with Gasteiger partial charge in [0, 0.05) is 20.3 Å². The fourth-order valence-electron chi connectivity index (χ4n) is 2.00. The molecule has 3 N–H and O–H groups in total. The van der Waals surface area contributed by atoms with E-state index < -0.39 is 0 Å². The molecular formula is C14H17ClN2OS. The third-order valence-electron chi connectivity index (χ3n) is 3.14. The van der Waals surface area contributed by atoms with Crippen LogP contribution in [-0.2, 0) is 0 Å². The zero-order valence-corrected chi connectivity index (χ0v) is 12.7. The highest BCUT2D eigenvalue weighted by Gasteiger charge is 2.19. The second-order valence-electron chi connectivity index (χ2n) is 4.37. The number of benzene rings is 1. The number of halogens is 1. The lowest BCUT2D eigenvalue weighted by molar-refractivity contribution is 0.404. The third kappa shape index (κ3) is 2.92. The van der Waals surface area contributed by atoms with Gasteiger partial charge in [-0.25, -0.2) is 5.43 Å². The van der Waals surface area contributed by atoms with Crippen LogP contribution in [0.5, 0.6) is 5.75 Å². The molecule has 1 unspecified atom stereocenters. The molecule has 1 heterocycles. The molecule has 0 aliphatic heterocycles. The van der Waals surface area contributed by atoms with E-state index in [4.69, 9.17) is 22.2 Å². The first kappa shape index (κ1) is 14.3. The van der Waals surface area contributed by atoms with Gasteiger partial charge in [0.15, 0.2) is 0 Å². The van der Waals surface area contributed by atoms with E-state index in [0.717, 1.165) is 16.2 Å². The summed E-state index contributed by atoms with van der Waals surface area (Å²) in [6.07, 6.45) is 0. The Hall–Kier alpha value is -1.07. The van der Waals surface area contributed by atoms with Gasteiger partial charge < -0.3 is 4.74 Å². The van der Waals surface area contributed by atoms with E-state index in [1.54, 1.807) is 18.4 Å². The fourth-order valence-corrected chi connectivity index (χ4v) is 3.30. The molecule has 1 aromatic heterocycles. The zero-order valence-electron chi connectivity index (χ0n) is 11.2. The summed E-state index contributed by atoms with van der Waals surface area (Å²) in [6, 6.07) is 7.57. The van der Waals surface area contributed by atoms with Gasteiger partial charge in [0.1, 0.15) is 5.75 Å². The number of hydrogen-bond donors (Lipinski definition) is 2. The second-order valence-corrected chi connectivity index (χ2v) is 6.10. The van der Waals surface area contributed by atoms with Crippen molar-refractivity contribution < 1.29 is 4.74 Å². The van der Waals surface area contributed by atoms with Gasteiger partial charge in [-0.15, -0.1) is 11.3 Å². The van der Waals surface area contributed by atoms with Crippen LogP contribution in [0.15, 0.2) is 24.3 Å². The van der Waals surface area contributed by atoms with E-state index in [2.05, 4.69) is 25.3 Å². The standard InChI is InChI=1S/C14H17ClN2OS/c1-8-6-13(19-9(8)2)14(17-16)11-7-10(15)4-5-12(11)18-3/h4-7,14,17H,16H2,1-3H3. The summed E-state index contributed by atoms with van der Waals surface area (Å²) in [4.78, 5) is 2.44. The van der Waals surface area contributed by atoms with Crippen LogP contribution >= 0.6 is 22.9 Å². The lowest BCUT2D eigenvalue weighted by Gasteiger charge is -2.18. The number of aryl methyl sites for hydroxylation is 2. The van der Waals surface area contributed by atoms with Crippen molar-refractivity contribution in [2.75, 3.05) is 7.11 Å². The quantitative estimate of drug-likeness (QED) is 0.670. The maximum atomic E-state index is 6.08. The molecule has 5 heteroatoms. The van der Waals surface area contributed by atoms with E-state index in [1.807, 2.05) is 18.2 Å². The summed E-state index contributed by atoms with van der Waals surface area (Å²) >= 11 is 7.80. The number of ether oxygens (including phenoxy) is 1. The van der Waals surface area contributed by atoms with Crippen molar-refractivity contribution in [2.45, 2.75) is 19.9 Å². The van der Waals surface area contributed by atoms with Crippen molar-refractivity contribution in [3.63, 3.8) is 0 Å². The van der Waals surface area contributed by atoms with Crippen molar-refractivity contribution in [3.05, 3.63) is 50.2 Å². The molecule has 0 amide bonds. The van der Waals surface area contributed by atoms with E-state index >= 15 is 0 Å². The summed E-state index contributed by atoms with van der Waals surface area (Å²) < 4.78 is 5.39. The molecule has 19 heavy (non-hydrogen) atoms. The predicted molar refractivity (Wildman–Crippen MR) is 81.0 cm³/mol. The van der Waals surface area contributed by atoms with Crippen LogP contribution in [0, 0.1) is 13.8 Å². The van der Waals surface area contributed by atoms with E-state index in [-0.39, 0.29) is 6.04 Å². The van der Waals surface area contributed by atoms with Crippen molar-refractivity contribution in [1.29, 1.82) is 0 Å². The highest BCUT2D eigenvalue weighted by atomic mass is 35.5. The summed E-state index contributed by atoms with van der Waals surface area (Å²) in [5.41, 5.74) is 5.06. The van der Waals surface area contributed by atoms with Crippen molar-refractivity contribution in [1.82, 2.24) is 5.43 Å². The highest BCUT2D eigenvalue weighted by molar-refractivity contribution is 7.12. The Bertz CT molecular complexity index is 563. The van der Waals surface area contributed by atoms with Gasteiger partial charge in [0.05, 0.1) is 13.2 Å². The molecule has 2 rings (SSSR count). The molecule has 0 radical (unpaired) electrons. The van der Waals surface area contributed by atoms with Gasteiger partial charge in [0.25, 0.3) is 0 Å². The van der Waals surface area contributed by atoms with Crippen LogP contribution in [0.2, 0.25) is 5.02 Å². The average Bonchev–Trinajstić information content (AvgIpc) is 2.70. The fraction of sp³-hybridized carbons (Fsp3) is 0.286. The molecule has 1 aromatic carbocycles. The molecule has 0 aliphatic carbocycles. The molecule has 0 spiro atoms. The molecule has 102 valence electrons. The number of hydrazine groups is 1. The van der Waals surface area contributed by atoms with Gasteiger partial charge in [-0.3, -0.25) is 5.84 Å². The van der Waals surface area contributed by atoms with E-state index in [0.29, 0.717) is 5.02 Å². The molecular weight excluding hydrogens is 280 g/mol. The monoisotopic (exact) mass is 296 g/mol. The molecule has 0 bridgehead atoms. The minimum atomic E-state index is -0.119. The lowest BCUT2D eigenvalue weighted by atomic mass is 10.0. The van der Waals surface area contributed by atoms with Crippen molar-refractivity contribution >= 4 is 22.9 Å². The Morgan fingerprint density at radius 3 is 2.58 bits per heavy atom. The van der Waals surface area contributed by atoms with Gasteiger partial charge in [-0.05, 0) is 43.7 Å². The third-order valence-corrected chi connectivity index (χ3v) is 4.59. The highest BCUT2D eigenvalue weighted by Crippen LogP contribution is 2.35. The van der Waals surface area contributed by atoms with Crippen LogP contribution in [0.25, 0.3) is 0 Å². The predicted octanol–water partition coefficient (Wildman–Crippen LogP) is 3.58. The Morgan fingerprint density at radius 1 is 1.32 bits per heavy atom. The molecule has 2 aromatic rings. The Morgan fingerprint density at radius 2 is 2.05 bits per heavy atom. The number of thiophene rings is 1. The molecule has 0 saturated heterocycles. The molecule has 0 saturated carbocycles. The van der Waals surface area contributed by atoms with Crippen LogP contribution in [0.3, 0.4) is 0 Å². The summed E-state index contributed by atoms with van der Waals surface area (Å²) in [5, 5.41) is 0.668. The largest absolute Gasteiger partial charge is 0.496 e. The Balaban J connectivity index is 2.50. The topological polar surface area (TPSA) is 47.3 Å². The maximum Gasteiger partial charge on any atom is 0.124 e. The number of nitrogens with one attached hydrogen (secondary N) is 1. The van der Waals surface area contributed by atoms with Crippen molar-refractivity contribution in [3.8, 4) is 5.75 Å². The second kappa shape index (κ2) is 5.92. The van der Waals surface area contributed by atoms with Crippen LogP contribution in [0.1, 0.15) is 26.9 Å². The zero-order chi connectivity index (χ0) is 14.0. The normalized spacial score (nSPS) is 12.5. The van der Waals surface area contributed by atoms with Crippen LogP contribution in [0.4, 0.5) is 0 Å². The first-order valence-electron chi connectivity index (χ1n) is 5.93.